The van der Waals surface area contributed by atoms with Crippen molar-refractivity contribution >= 4 is 22.5 Å². The molecule has 0 aliphatic rings. The Balaban J connectivity index is 0. The van der Waals surface area contributed by atoms with Gasteiger partial charge in [0, 0.05) is 12.5 Å². The number of hydrogen-bond donors (Lipinski definition) is 0. The van der Waals surface area contributed by atoms with Crippen LogP contribution in [-0.2, 0) is 17.5 Å². The Morgan fingerprint density at radius 2 is 1.00 bits per heavy atom. The van der Waals surface area contributed by atoms with Crippen LogP contribution in [-0.4, -0.2) is 33.6 Å². The average Bonchev–Trinajstić information content (AvgIpc) is 1.12. The van der Waals surface area contributed by atoms with Gasteiger partial charge in [-0.15, -0.1) is 0 Å². The molecule has 10 heavy (non-hydrogen) atoms. The summed E-state index contributed by atoms with van der Waals surface area (Å²) in [5.41, 5.74) is 0. The predicted molar refractivity (Wildman–Crippen MR) is 39.6 cm³/mol. The molecule has 0 aliphatic heterocycles. The van der Waals surface area contributed by atoms with Gasteiger partial charge in [0.15, 0.2) is 0 Å². The monoisotopic (exact) mass is 236 g/mol. The van der Waals surface area contributed by atoms with Gasteiger partial charge >= 0.3 is 32.0 Å². The molecule has 0 radical (unpaired) electrons. The van der Waals surface area contributed by atoms with E-state index in [0.717, 1.165) is 12.5 Å². The maximum absolute atomic E-state index is 9.70. The molecule has 0 atom stereocenters. The molecule has 0 heterocycles. The third kappa shape index (κ3) is 83500. The summed E-state index contributed by atoms with van der Waals surface area (Å²) in [7, 11) is -2.67. The van der Waals surface area contributed by atoms with Crippen LogP contribution < -0.4 is 0 Å². The van der Waals surface area contributed by atoms with E-state index < -0.39 is 22.5 Å². The quantitative estimate of drug-likeness (QED) is 0.563. The zero-order valence-electron chi connectivity index (χ0n) is 6.45. The molecule has 0 fully saturated rings. The van der Waals surface area contributed by atoms with Gasteiger partial charge in [-0.3, -0.25) is 0 Å². The van der Waals surface area contributed by atoms with E-state index in [-0.39, 0.29) is 0 Å². The van der Waals surface area contributed by atoms with Crippen LogP contribution in [0.5, 0.6) is 0 Å². The third-order valence-corrected chi connectivity index (χ3v) is 0. The van der Waals surface area contributed by atoms with E-state index in [4.69, 9.17) is 0 Å². The third-order valence-electron chi connectivity index (χ3n) is 0. The maximum atomic E-state index is 9.70. The van der Waals surface area contributed by atoms with E-state index in [2.05, 4.69) is 0 Å². The van der Waals surface area contributed by atoms with Gasteiger partial charge in [0.1, 0.15) is 9.84 Å². The van der Waals surface area contributed by atoms with Crippen LogP contribution >= 0.6 is 0 Å². The summed E-state index contributed by atoms with van der Waals surface area (Å²) in [5, 5.41) is 0. The van der Waals surface area contributed by atoms with Crippen LogP contribution in [0, 0.1) is 0 Å². The molecule has 0 aromatic carbocycles. The van der Waals surface area contributed by atoms with Crippen LogP contribution in [0.3, 0.4) is 0 Å². The number of sulfone groups is 1. The summed E-state index contributed by atoms with van der Waals surface area (Å²) in [5.74, 6) is 2.47. The van der Waals surface area contributed by atoms with Crippen molar-refractivity contribution in [3.05, 3.63) is 0 Å². The fourth-order valence-electron chi connectivity index (χ4n) is 0. The van der Waals surface area contributed by atoms with E-state index in [1.54, 1.807) is 0 Å². The van der Waals surface area contributed by atoms with Crippen LogP contribution in [0.15, 0.2) is 0 Å². The molecule has 0 N–H and O–H groups in total. The van der Waals surface area contributed by atoms with Gasteiger partial charge < -0.3 is 0 Å². The summed E-state index contributed by atoms with van der Waals surface area (Å²) >= 11 is -3.25. The Morgan fingerprint density at radius 3 is 1.00 bits per heavy atom. The van der Waals surface area contributed by atoms with E-state index >= 15 is 0 Å². The molecule has 0 rings (SSSR count). The first-order chi connectivity index (χ1) is 4.00. The molecule has 0 bridgehead atoms. The number of hydrogen-bond acceptors (Lipinski definition) is 4. The molecule has 0 saturated carbocycles. The number of rotatable bonds is 0. The molecule has 0 aromatic rings. The summed E-state index contributed by atoms with van der Waals surface area (Å²) in [6, 6.07) is 0. The van der Waals surface area contributed by atoms with Crippen molar-refractivity contribution in [1.29, 1.82) is 0 Å². The molecule has 0 amide bonds. The predicted octanol–water partition coefficient (Wildman–Crippen LogP) is 0.210. The van der Waals surface area contributed by atoms with E-state index in [1.807, 2.05) is 0 Å². The molecule has 0 saturated heterocycles. The van der Waals surface area contributed by atoms with Crippen molar-refractivity contribution in [2.75, 3.05) is 12.5 Å². The van der Waals surface area contributed by atoms with Gasteiger partial charge in [-0.05, 0) is 0 Å². The molecule has 0 aliphatic carbocycles. The Bertz CT molecular complexity index is 214. The molecule has 64 valence electrons. The van der Waals surface area contributed by atoms with Gasteiger partial charge in [-0.2, -0.15) is 0 Å². The molecular weight excluding hydrogens is 223 g/mol. The second-order valence-electron chi connectivity index (χ2n) is 2.29. The van der Waals surface area contributed by atoms with Crippen LogP contribution in [0.25, 0.3) is 0 Å². The Hall–Kier alpha value is 0.0695. The second-order valence-corrected chi connectivity index (χ2v) is 9.37. The van der Waals surface area contributed by atoms with Crippen molar-refractivity contribution < 1.29 is 16.1 Å². The standard InChI is InChI=1S/C2H6O2S.C2H6O2Se/c2*1-5(2,3)4/h2*1-2H3. The molecular formula is C4H12O4SSe. The van der Waals surface area contributed by atoms with Crippen molar-refractivity contribution in [1.82, 2.24) is 0 Å². The van der Waals surface area contributed by atoms with Gasteiger partial charge in [-0.25, -0.2) is 8.42 Å². The summed E-state index contributed by atoms with van der Waals surface area (Å²) in [6.07, 6.45) is 2.32. The zero-order valence-corrected chi connectivity index (χ0v) is 8.98. The first kappa shape index (κ1) is 12.7. The zero-order chi connectivity index (χ0) is 9.00. The van der Waals surface area contributed by atoms with Gasteiger partial charge in [0.25, 0.3) is 0 Å². The topological polar surface area (TPSA) is 68.3 Å². The molecule has 6 heteroatoms. The first-order valence-corrected chi connectivity index (χ1v) is 9.42. The van der Waals surface area contributed by atoms with Gasteiger partial charge in [0.2, 0.25) is 0 Å². The fraction of sp³-hybridized carbons (Fsp3) is 1.00. The normalized spacial score (nSPS) is 11.6. The average molecular weight is 235 g/mol. The van der Waals surface area contributed by atoms with Crippen molar-refractivity contribution in [2.45, 2.75) is 11.6 Å². The molecule has 0 unspecified atom stereocenters. The van der Waals surface area contributed by atoms with Crippen molar-refractivity contribution in [2.24, 2.45) is 0 Å². The summed E-state index contributed by atoms with van der Waals surface area (Å²) < 4.78 is 38.7. The summed E-state index contributed by atoms with van der Waals surface area (Å²) in [6.45, 7) is 0. The van der Waals surface area contributed by atoms with Crippen LogP contribution in [0.4, 0.5) is 0 Å². The molecule has 0 aromatic heterocycles. The van der Waals surface area contributed by atoms with Crippen molar-refractivity contribution in [3.8, 4) is 0 Å². The SMILES string of the molecule is CS(C)(=O)=O.C[Se](C)(=O)=O. The minimum absolute atomic E-state index is 1.16. The van der Waals surface area contributed by atoms with Gasteiger partial charge in [-0.1, -0.05) is 0 Å². The fourth-order valence-corrected chi connectivity index (χ4v) is 0. The van der Waals surface area contributed by atoms with Crippen LogP contribution in [0.1, 0.15) is 0 Å². The van der Waals surface area contributed by atoms with E-state index in [1.165, 1.54) is 11.6 Å². The van der Waals surface area contributed by atoms with E-state index in [9.17, 15) is 16.1 Å². The minimum atomic E-state index is -3.25. The summed E-state index contributed by atoms with van der Waals surface area (Å²) in [4.78, 5) is 0. The first-order valence-electron chi connectivity index (χ1n) is 2.30. The van der Waals surface area contributed by atoms with E-state index in [0.29, 0.717) is 0 Å². The Kier molecular flexibility index (Phi) is 5.16. The van der Waals surface area contributed by atoms with Crippen molar-refractivity contribution in [3.63, 3.8) is 0 Å². The Morgan fingerprint density at radius 1 is 1.00 bits per heavy atom. The molecule has 0 spiro atoms. The van der Waals surface area contributed by atoms with Gasteiger partial charge in [0.05, 0.1) is 0 Å². The second kappa shape index (κ2) is 4.05. The van der Waals surface area contributed by atoms with Crippen LogP contribution in [0.2, 0.25) is 11.6 Å². The molecule has 4 nitrogen and oxygen atoms in total. The Labute approximate surface area is 63.2 Å².